The molecule has 0 aliphatic carbocycles. The van der Waals surface area contributed by atoms with Crippen LogP contribution in [0.15, 0.2) is 29.2 Å². The zero-order chi connectivity index (χ0) is 14.7. The minimum absolute atomic E-state index is 0.0872. The highest BCUT2D eigenvalue weighted by molar-refractivity contribution is 7.89. The molecule has 0 saturated heterocycles. The Bertz CT molecular complexity index is 526. The Kier molecular flexibility index (Phi) is 4.94. The van der Waals surface area contributed by atoms with Gasteiger partial charge in [0.05, 0.1) is 17.1 Å². The smallest absolute Gasteiger partial charge is 0.287 e. The summed E-state index contributed by atoms with van der Waals surface area (Å²) in [5.41, 5.74) is -1.03. The summed E-state index contributed by atoms with van der Waals surface area (Å²) in [6.45, 7) is 3.73. The predicted molar refractivity (Wildman–Crippen MR) is 62.6 cm³/mol. The number of hydrogen-bond donors (Lipinski definition) is 1. The van der Waals surface area contributed by atoms with Gasteiger partial charge in [-0.05, 0) is 24.1 Å². The van der Waals surface area contributed by atoms with Crippen molar-refractivity contribution >= 4 is 10.0 Å². The van der Waals surface area contributed by atoms with Crippen molar-refractivity contribution < 1.29 is 26.4 Å². The van der Waals surface area contributed by atoms with E-state index in [1.807, 2.05) is 0 Å². The third-order valence-corrected chi connectivity index (χ3v) is 3.27. The highest BCUT2D eigenvalue weighted by Crippen LogP contribution is 2.30. The van der Waals surface area contributed by atoms with Gasteiger partial charge in [0.25, 0.3) is 10.0 Å². The largest absolute Gasteiger partial charge is 0.416 e. The normalized spacial score (nSPS) is 12.9. The third-order valence-electron chi connectivity index (χ3n) is 2.06. The van der Waals surface area contributed by atoms with Crippen molar-refractivity contribution in [3.05, 3.63) is 29.8 Å². The number of halogens is 3. The minimum atomic E-state index is -4.59. The van der Waals surface area contributed by atoms with Gasteiger partial charge >= 0.3 is 6.18 Å². The van der Waals surface area contributed by atoms with Crippen molar-refractivity contribution in [1.82, 2.24) is 4.89 Å². The molecule has 0 unspecified atom stereocenters. The lowest BCUT2D eigenvalue weighted by molar-refractivity contribution is -0.137. The molecule has 1 rings (SSSR count). The van der Waals surface area contributed by atoms with Gasteiger partial charge in [0, 0.05) is 0 Å². The Balaban J connectivity index is 2.90. The van der Waals surface area contributed by atoms with Crippen molar-refractivity contribution in [1.29, 1.82) is 0 Å². The molecular formula is C11H14F3NO3S. The molecule has 0 heterocycles. The molecule has 0 aliphatic rings. The fraction of sp³-hybridized carbons (Fsp3) is 0.455. The lowest BCUT2D eigenvalue weighted by Crippen LogP contribution is -2.26. The first kappa shape index (κ1) is 15.9. The van der Waals surface area contributed by atoms with E-state index in [0.29, 0.717) is 6.07 Å². The summed E-state index contributed by atoms with van der Waals surface area (Å²) < 4.78 is 60.8. The molecule has 19 heavy (non-hydrogen) atoms. The zero-order valence-corrected chi connectivity index (χ0v) is 11.2. The Labute approximate surface area is 109 Å². The SMILES string of the molecule is CC(C)CONS(=O)(=O)c1cccc(C(F)(F)F)c1. The molecule has 0 spiro atoms. The molecule has 1 aromatic carbocycles. The van der Waals surface area contributed by atoms with Crippen molar-refractivity contribution in [3.8, 4) is 0 Å². The van der Waals surface area contributed by atoms with E-state index >= 15 is 0 Å². The fourth-order valence-corrected chi connectivity index (χ4v) is 2.03. The predicted octanol–water partition coefficient (Wildman–Crippen LogP) is 2.57. The Morgan fingerprint density at radius 1 is 1.32 bits per heavy atom. The van der Waals surface area contributed by atoms with E-state index in [9.17, 15) is 21.6 Å². The van der Waals surface area contributed by atoms with Crippen LogP contribution in [0.1, 0.15) is 19.4 Å². The molecule has 108 valence electrons. The fourth-order valence-electron chi connectivity index (χ4n) is 1.17. The number of nitrogens with one attached hydrogen (secondary N) is 1. The molecule has 8 heteroatoms. The van der Waals surface area contributed by atoms with Crippen LogP contribution >= 0.6 is 0 Å². The van der Waals surface area contributed by atoms with Crippen LogP contribution in [0, 0.1) is 5.92 Å². The van der Waals surface area contributed by atoms with Crippen LogP contribution in [0.3, 0.4) is 0 Å². The molecule has 4 nitrogen and oxygen atoms in total. The van der Waals surface area contributed by atoms with Crippen molar-refractivity contribution in [2.45, 2.75) is 24.9 Å². The molecule has 0 atom stereocenters. The van der Waals surface area contributed by atoms with E-state index in [-0.39, 0.29) is 12.5 Å². The van der Waals surface area contributed by atoms with Crippen LogP contribution in [0.5, 0.6) is 0 Å². The minimum Gasteiger partial charge on any atom is -0.287 e. The van der Waals surface area contributed by atoms with E-state index < -0.39 is 26.7 Å². The van der Waals surface area contributed by atoms with Gasteiger partial charge in [0.1, 0.15) is 0 Å². The number of hydrogen-bond acceptors (Lipinski definition) is 3. The average molecular weight is 297 g/mol. The lowest BCUT2D eigenvalue weighted by atomic mass is 10.2. The van der Waals surface area contributed by atoms with Crippen LogP contribution in [0.2, 0.25) is 0 Å². The maximum Gasteiger partial charge on any atom is 0.416 e. The topological polar surface area (TPSA) is 55.4 Å². The molecule has 0 saturated carbocycles. The summed E-state index contributed by atoms with van der Waals surface area (Å²) in [7, 11) is -4.11. The molecule has 1 N–H and O–H groups in total. The summed E-state index contributed by atoms with van der Waals surface area (Å²) in [6, 6.07) is 3.45. The Hall–Kier alpha value is -1.12. The van der Waals surface area contributed by atoms with Crippen molar-refractivity contribution in [2.24, 2.45) is 5.92 Å². The first-order valence-corrected chi connectivity index (χ1v) is 6.92. The van der Waals surface area contributed by atoms with E-state index in [4.69, 9.17) is 4.84 Å². The molecule has 0 aromatic heterocycles. The van der Waals surface area contributed by atoms with Crippen molar-refractivity contribution in [2.75, 3.05) is 6.61 Å². The van der Waals surface area contributed by atoms with Gasteiger partial charge in [0.15, 0.2) is 0 Å². The van der Waals surface area contributed by atoms with Crippen LogP contribution < -0.4 is 4.89 Å². The van der Waals surface area contributed by atoms with Gasteiger partial charge in [-0.2, -0.15) is 13.2 Å². The number of alkyl halides is 3. The maximum atomic E-state index is 12.5. The summed E-state index contributed by atoms with van der Waals surface area (Å²) in [5.74, 6) is 0.0872. The number of sulfonamides is 1. The monoisotopic (exact) mass is 297 g/mol. The first-order valence-electron chi connectivity index (χ1n) is 5.44. The number of rotatable bonds is 5. The van der Waals surface area contributed by atoms with Crippen molar-refractivity contribution in [3.63, 3.8) is 0 Å². The van der Waals surface area contributed by atoms with Gasteiger partial charge in [-0.25, -0.2) is 8.42 Å². The lowest BCUT2D eigenvalue weighted by Gasteiger charge is -2.11. The summed E-state index contributed by atoms with van der Waals surface area (Å²) in [6.07, 6.45) is -4.59. The van der Waals surface area contributed by atoms with Crippen LogP contribution in [-0.2, 0) is 21.0 Å². The summed E-state index contributed by atoms with van der Waals surface area (Å²) in [5, 5.41) is 0. The molecule has 0 amide bonds. The van der Waals surface area contributed by atoms with Crippen LogP contribution in [-0.4, -0.2) is 15.0 Å². The maximum absolute atomic E-state index is 12.5. The average Bonchev–Trinajstić information content (AvgIpc) is 2.27. The molecule has 0 bridgehead atoms. The van der Waals surface area contributed by atoms with Crippen LogP contribution in [0.25, 0.3) is 0 Å². The van der Waals surface area contributed by atoms with Gasteiger partial charge in [0.2, 0.25) is 0 Å². The summed E-state index contributed by atoms with van der Waals surface area (Å²) >= 11 is 0. The molecular weight excluding hydrogens is 283 g/mol. The molecule has 0 fully saturated rings. The highest BCUT2D eigenvalue weighted by atomic mass is 32.2. The van der Waals surface area contributed by atoms with Crippen LogP contribution in [0.4, 0.5) is 13.2 Å². The van der Waals surface area contributed by atoms with Gasteiger partial charge in [-0.15, -0.1) is 0 Å². The molecule has 1 aromatic rings. The van der Waals surface area contributed by atoms with E-state index in [1.54, 1.807) is 18.7 Å². The van der Waals surface area contributed by atoms with E-state index in [1.165, 1.54) is 0 Å². The van der Waals surface area contributed by atoms with E-state index in [2.05, 4.69) is 0 Å². The van der Waals surface area contributed by atoms with Gasteiger partial charge < -0.3 is 0 Å². The number of benzene rings is 1. The Morgan fingerprint density at radius 2 is 1.95 bits per heavy atom. The zero-order valence-electron chi connectivity index (χ0n) is 10.4. The second-order valence-corrected chi connectivity index (χ2v) is 5.96. The van der Waals surface area contributed by atoms with Gasteiger partial charge in [-0.3, -0.25) is 4.84 Å². The van der Waals surface area contributed by atoms with Gasteiger partial charge in [-0.1, -0.05) is 24.8 Å². The Morgan fingerprint density at radius 3 is 2.47 bits per heavy atom. The molecule has 0 radical (unpaired) electrons. The standard InChI is InChI=1S/C11H14F3NO3S/c1-8(2)7-18-15-19(16,17)10-5-3-4-9(6-10)11(12,13)14/h3-6,8,15H,7H2,1-2H3. The summed E-state index contributed by atoms with van der Waals surface area (Å²) in [4.78, 5) is 6.02. The third kappa shape index (κ3) is 4.81. The second-order valence-electron chi connectivity index (χ2n) is 4.32. The highest BCUT2D eigenvalue weighted by Gasteiger charge is 2.31. The van der Waals surface area contributed by atoms with E-state index in [0.717, 1.165) is 18.2 Å². The first-order chi connectivity index (χ1) is 8.63. The molecule has 0 aliphatic heterocycles. The second kappa shape index (κ2) is 5.89. The quantitative estimate of drug-likeness (QED) is 0.850.